The van der Waals surface area contributed by atoms with Gasteiger partial charge in [0.1, 0.15) is 5.60 Å². The first kappa shape index (κ1) is 13.3. The molecule has 1 aliphatic carbocycles. The predicted molar refractivity (Wildman–Crippen MR) is 66.6 cm³/mol. The van der Waals surface area contributed by atoms with Crippen LogP contribution in [0.4, 0.5) is 0 Å². The molecule has 102 valence electrons. The van der Waals surface area contributed by atoms with Gasteiger partial charge in [-0.3, -0.25) is 9.59 Å². The van der Waals surface area contributed by atoms with Crippen molar-refractivity contribution in [1.82, 2.24) is 5.32 Å². The van der Waals surface area contributed by atoms with E-state index in [0.29, 0.717) is 13.0 Å². The van der Waals surface area contributed by atoms with E-state index in [4.69, 9.17) is 10.5 Å². The van der Waals surface area contributed by atoms with Crippen molar-refractivity contribution >= 4 is 11.9 Å². The van der Waals surface area contributed by atoms with E-state index < -0.39 is 11.0 Å². The fourth-order valence-corrected chi connectivity index (χ4v) is 2.89. The van der Waals surface area contributed by atoms with E-state index in [1.54, 1.807) is 0 Å². The number of amides is 1. The Kier molecular flexibility index (Phi) is 3.13. The Hall–Kier alpha value is -1.10. The zero-order valence-electron chi connectivity index (χ0n) is 11.3. The van der Waals surface area contributed by atoms with Gasteiger partial charge in [-0.15, -0.1) is 0 Å². The lowest BCUT2D eigenvalue weighted by molar-refractivity contribution is -0.180. The van der Waals surface area contributed by atoms with Crippen LogP contribution >= 0.6 is 0 Å². The fourth-order valence-electron chi connectivity index (χ4n) is 2.89. The molecule has 3 N–H and O–H groups in total. The summed E-state index contributed by atoms with van der Waals surface area (Å²) in [5, 5.41) is 2.78. The van der Waals surface area contributed by atoms with Gasteiger partial charge in [0, 0.05) is 24.9 Å². The summed E-state index contributed by atoms with van der Waals surface area (Å²) in [6.45, 7) is 6.08. The highest BCUT2D eigenvalue weighted by Gasteiger charge is 2.59. The third-order valence-corrected chi connectivity index (χ3v) is 4.02. The lowest BCUT2D eigenvalue weighted by Gasteiger charge is -2.49. The summed E-state index contributed by atoms with van der Waals surface area (Å²) in [6, 6.07) is -0.190. The standard InChI is InChI=1S/C13H22N2O3/c1-12(2,3)18-11(17)13(5-4-9(13)14)8-6-10(16)15-7-8/h8-9H,4-7,14H2,1-3H3,(H,15,16). The topological polar surface area (TPSA) is 81.4 Å². The molecule has 1 saturated carbocycles. The van der Waals surface area contributed by atoms with Gasteiger partial charge in [-0.1, -0.05) is 0 Å². The average Bonchev–Trinajstić information content (AvgIpc) is 2.61. The molecule has 1 amide bonds. The first-order chi connectivity index (χ1) is 8.25. The minimum absolute atomic E-state index is 0.00188. The maximum absolute atomic E-state index is 12.4. The quantitative estimate of drug-likeness (QED) is 0.706. The Labute approximate surface area is 107 Å². The third-order valence-electron chi connectivity index (χ3n) is 4.02. The van der Waals surface area contributed by atoms with Crippen molar-refractivity contribution in [2.24, 2.45) is 17.1 Å². The van der Waals surface area contributed by atoms with Gasteiger partial charge in [-0.05, 0) is 33.6 Å². The molecule has 2 fully saturated rings. The van der Waals surface area contributed by atoms with Crippen molar-refractivity contribution in [3.05, 3.63) is 0 Å². The molecule has 2 aliphatic rings. The van der Waals surface area contributed by atoms with Crippen molar-refractivity contribution < 1.29 is 14.3 Å². The van der Waals surface area contributed by atoms with Gasteiger partial charge in [0.05, 0.1) is 5.41 Å². The monoisotopic (exact) mass is 254 g/mol. The first-order valence-electron chi connectivity index (χ1n) is 6.51. The summed E-state index contributed by atoms with van der Waals surface area (Å²) >= 11 is 0. The zero-order chi connectivity index (χ0) is 13.6. The first-order valence-corrected chi connectivity index (χ1v) is 6.51. The molecule has 3 unspecified atom stereocenters. The van der Waals surface area contributed by atoms with Crippen LogP contribution in [0.3, 0.4) is 0 Å². The summed E-state index contributed by atoms with van der Waals surface area (Å²) in [5.41, 5.74) is 4.88. The van der Waals surface area contributed by atoms with E-state index in [1.807, 2.05) is 20.8 Å². The minimum Gasteiger partial charge on any atom is -0.459 e. The Bertz CT molecular complexity index is 375. The zero-order valence-corrected chi connectivity index (χ0v) is 11.3. The van der Waals surface area contributed by atoms with Gasteiger partial charge in [-0.2, -0.15) is 0 Å². The lowest BCUT2D eigenvalue weighted by atomic mass is 9.57. The second-order valence-corrected chi connectivity index (χ2v) is 6.39. The van der Waals surface area contributed by atoms with Gasteiger partial charge in [0.25, 0.3) is 0 Å². The predicted octanol–water partition coefficient (Wildman–Crippen LogP) is 0.572. The SMILES string of the molecule is CC(C)(C)OC(=O)C1(C2CNC(=O)C2)CCC1N. The molecule has 1 saturated heterocycles. The second-order valence-electron chi connectivity index (χ2n) is 6.39. The summed E-state index contributed by atoms with van der Waals surface area (Å²) in [7, 11) is 0. The molecular weight excluding hydrogens is 232 g/mol. The molecule has 1 heterocycles. The van der Waals surface area contributed by atoms with Crippen LogP contribution in [0.5, 0.6) is 0 Å². The molecule has 5 nitrogen and oxygen atoms in total. The minimum atomic E-state index is -0.660. The van der Waals surface area contributed by atoms with Gasteiger partial charge < -0.3 is 15.8 Å². The van der Waals surface area contributed by atoms with Gasteiger partial charge in [0.2, 0.25) is 5.91 Å². The van der Waals surface area contributed by atoms with Crippen molar-refractivity contribution in [2.45, 2.75) is 51.7 Å². The van der Waals surface area contributed by atoms with E-state index in [2.05, 4.69) is 5.32 Å². The van der Waals surface area contributed by atoms with E-state index in [-0.39, 0.29) is 23.8 Å². The van der Waals surface area contributed by atoms with Crippen molar-refractivity contribution in [1.29, 1.82) is 0 Å². The normalized spacial score (nSPS) is 35.9. The summed E-state index contributed by atoms with van der Waals surface area (Å²) in [4.78, 5) is 23.8. The molecule has 5 heteroatoms. The highest BCUT2D eigenvalue weighted by molar-refractivity contribution is 5.84. The highest BCUT2D eigenvalue weighted by atomic mass is 16.6. The van der Waals surface area contributed by atoms with Gasteiger partial charge in [0.15, 0.2) is 0 Å². The molecule has 1 aliphatic heterocycles. The number of ether oxygens (including phenoxy) is 1. The smallest absolute Gasteiger partial charge is 0.314 e. The highest BCUT2D eigenvalue weighted by Crippen LogP contribution is 2.50. The number of hydrogen-bond donors (Lipinski definition) is 2. The van der Waals surface area contributed by atoms with E-state index in [9.17, 15) is 9.59 Å². The molecule has 3 atom stereocenters. The molecule has 0 spiro atoms. The summed E-state index contributed by atoms with van der Waals surface area (Å²) < 4.78 is 5.51. The molecule has 0 aromatic rings. The number of carbonyl (C=O) groups excluding carboxylic acids is 2. The second kappa shape index (κ2) is 4.23. The van der Waals surface area contributed by atoms with Crippen LogP contribution in [0, 0.1) is 11.3 Å². The summed E-state index contributed by atoms with van der Waals surface area (Å²) in [5.74, 6) is -0.263. The summed E-state index contributed by atoms with van der Waals surface area (Å²) in [6.07, 6.45) is 1.93. The van der Waals surface area contributed by atoms with Crippen molar-refractivity contribution in [3.63, 3.8) is 0 Å². The van der Waals surface area contributed by atoms with Crippen LogP contribution in [0.2, 0.25) is 0 Å². The Morgan fingerprint density at radius 2 is 2.17 bits per heavy atom. The molecule has 0 aromatic heterocycles. The maximum atomic E-state index is 12.4. The Morgan fingerprint density at radius 1 is 1.50 bits per heavy atom. The molecule has 0 bridgehead atoms. The molecule has 0 radical (unpaired) electrons. The lowest BCUT2D eigenvalue weighted by Crippen LogP contribution is -2.61. The van der Waals surface area contributed by atoms with Crippen LogP contribution < -0.4 is 11.1 Å². The number of carbonyl (C=O) groups is 2. The fraction of sp³-hybridized carbons (Fsp3) is 0.846. The molecule has 18 heavy (non-hydrogen) atoms. The molecule has 2 rings (SSSR count). The number of hydrogen-bond acceptors (Lipinski definition) is 4. The van der Waals surface area contributed by atoms with Crippen LogP contribution in [0.15, 0.2) is 0 Å². The largest absolute Gasteiger partial charge is 0.459 e. The van der Waals surface area contributed by atoms with E-state index in [1.165, 1.54) is 0 Å². The molecular formula is C13H22N2O3. The number of nitrogens with two attached hydrogens (primary N) is 1. The Morgan fingerprint density at radius 3 is 2.50 bits per heavy atom. The van der Waals surface area contributed by atoms with Crippen LogP contribution in [-0.4, -0.2) is 30.1 Å². The van der Waals surface area contributed by atoms with E-state index in [0.717, 1.165) is 12.8 Å². The van der Waals surface area contributed by atoms with Crippen LogP contribution in [0.25, 0.3) is 0 Å². The Balaban J connectivity index is 2.17. The maximum Gasteiger partial charge on any atom is 0.314 e. The average molecular weight is 254 g/mol. The number of rotatable bonds is 2. The van der Waals surface area contributed by atoms with E-state index >= 15 is 0 Å². The molecule has 0 aromatic carbocycles. The van der Waals surface area contributed by atoms with Crippen LogP contribution in [-0.2, 0) is 14.3 Å². The van der Waals surface area contributed by atoms with Crippen molar-refractivity contribution in [3.8, 4) is 0 Å². The van der Waals surface area contributed by atoms with Crippen molar-refractivity contribution in [2.75, 3.05) is 6.54 Å². The van der Waals surface area contributed by atoms with Gasteiger partial charge in [-0.25, -0.2) is 0 Å². The third kappa shape index (κ3) is 2.11. The number of nitrogens with one attached hydrogen (secondary N) is 1. The van der Waals surface area contributed by atoms with Gasteiger partial charge >= 0.3 is 5.97 Å². The number of esters is 1. The van der Waals surface area contributed by atoms with Crippen LogP contribution in [0.1, 0.15) is 40.0 Å².